The number of rotatable bonds is 4. The fraction of sp³-hybridized carbons (Fsp3) is 0.586. The molecule has 4 N–H and O–H groups in total. The lowest BCUT2D eigenvalue weighted by Crippen LogP contribution is -2.76. The van der Waals surface area contributed by atoms with E-state index in [2.05, 4.69) is 10.2 Å². The number of hydrogen-bond donors (Lipinski definition) is 4. The zero-order valence-electron chi connectivity index (χ0n) is 20.8. The molecule has 6 atom stereocenters. The molecule has 8 heteroatoms. The number of carbonyl (C=O) groups is 2. The third kappa shape index (κ3) is 2.61. The van der Waals surface area contributed by atoms with E-state index in [1.807, 2.05) is 12.1 Å². The van der Waals surface area contributed by atoms with E-state index in [1.165, 1.54) is 23.3 Å². The van der Waals surface area contributed by atoms with Crippen LogP contribution in [0, 0.1) is 11.8 Å². The van der Waals surface area contributed by atoms with E-state index in [4.69, 9.17) is 0 Å². The van der Waals surface area contributed by atoms with Gasteiger partial charge in [0, 0.05) is 30.5 Å². The number of benzene rings is 1. The molecular weight excluding hydrogens is 470 g/mol. The summed E-state index contributed by atoms with van der Waals surface area (Å²) in [4.78, 5) is 31.0. The molecule has 2 aliphatic heterocycles. The maximum absolute atomic E-state index is 14.0. The van der Waals surface area contributed by atoms with Gasteiger partial charge in [-0.15, -0.1) is 0 Å². The lowest BCUT2D eigenvalue weighted by Gasteiger charge is -2.63. The minimum atomic E-state index is -1.06. The molecule has 3 spiro atoms. The second kappa shape index (κ2) is 6.77. The van der Waals surface area contributed by atoms with E-state index in [1.54, 1.807) is 24.3 Å². The topological polar surface area (TPSA) is 113 Å². The van der Waals surface area contributed by atoms with Crippen molar-refractivity contribution in [1.82, 2.24) is 15.1 Å². The number of amides is 3. The van der Waals surface area contributed by atoms with Gasteiger partial charge >= 0.3 is 6.03 Å². The fourth-order valence-corrected chi connectivity index (χ4v) is 9.31. The van der Waals surface area contributed by atoms with Gasteiger partial charge in [-0.2, -0.15) is 0 Å². The van der Waals surface area contributed by atoms with Crippen LogP contribution >= 0.6 is 0 Å². The number of phenolic OH excluding ortho intramolecular Hbond substituents is 1. The molecule has 5 aliphatic carbocycles. The van der Waals surface area contributed by atoms with Gasteiger partial charge in [-0.1, -0.05) is 12.1 Å². The van der Waals surface area contributed by atoms with E-state index in [9.17, 15) is 24.9 Å². The molecule has 3 saturated carbocycles. The fourth-order valence-electron chi connectivity index (χ4n) is 9.31. The van der Waals surface area contributed by atoms with E-state index >= 15 is 0 Å². The molecule has 194 valence electrons. The van der Waals surface area contributed by atoms with Crippen molar-refractivity contribution in [3.05, 3.63) is 53.3 Å². The first-order valence-electron chi connectivity index (χ1n) is 13.7. The first kappa shape index (κ1) is 22.2. The molecule has 5 fully saturated rings. The number of hydrogen-bond acceptors (Lipinski definition) is 6. The summed E-state index contributed by atoms with van der Waals surface area (Å²) in [5, 5.41) is 35.8. The van der Waals surface area contributed by atoms with E-state index < -0.39 is 16.6 Å². The Hall–Kier alpha value is -2.84. The summed E-state index contributed by atoms with van der Waals surface area (Å²) in [5.41, 5.74) is -0.743. The highest BCUT2D eigenvalue weighted by Crippen LogP contribution is 2.75. The molecule has 3 amide bonds. The Bertz CT molecular complexity index is 1320. The molecule has 8 rings (SSSR count). The molecule has 0 aromatic heterocycles. The zero-order valence-corrected chi connectivity index (χ0v) is 20.8. The number of fused-ring (bicyclic) bond motifs is 2. The Morgan fingerprint density at radius 1 is 1.05 bits per heavy atom. The number of allylic oxidation sites excluding steroid dienone is 2. The molecule has 0 radical (unpaired) electrons. The molecule has 7 aliphatic rings. The first-order chi connectivity index (χ1) is 17.7. The van der Waals surface area contributed by atoms with Gasteiger partial charge < -0.3 is 20.6 Å². The molecule has 8 nitrogen and oxygen atoms in total. The van der Waals surface area contributed by atoms with Crippen molar-refractivity contribution in [3.63, 3.8) is 0 Å². The molecule has 37 heavy (non-hydrogen) atoms. The normalized spacial score (nSPS) is 43.4. The number of imide groups is 1. The Morgan fingerprint density at radius 3 is 2.65 bits per heavy atom. The number of aliphatic hydroxyl groups is 2. The van der Waals surface area contributed by atoms with Crippen LogP contribution in [0.25, 0.3) is 0 Å². The van der Waals surface area contributed by atoms with Crippen LogP contribution in [-0.4, -0.2) is 73.9 Å². The summed E-state index contributed by atoms with van der Waals surface area (Å²) >= 11 is 0. The molecule has 3 unspecified atom stereocenters. The van der Waals surface area contributed by atoms with Crippen LogP contribution in [0.15, 0.2) is 42.2 Å². The Morgan fingerprint density at radius 2 is 1.89 bits per heavy atom. The number of urea groups is 1. The number of carbonyl (C=O) groups excluding carboxylic acids is 2. The highest BCUT2D eigenvalue weighted by atomic mass is 16.3. The lowest BCUT2D eigenvalue weighted by molar-refractivity contribution is -0.161. The maximum Gasteiger partial charge on any atom is 0.325 e. The van der Waals surface area contributed by atoms with Gasteiger partial charge in [-0.3, -0.25) is 14.6 Å². The summed E-state index contributed by atoms with van der Waals surface area (Å²) < 4.78 is 0. The third-order valence-corrected chi connectivity index (χ3v) is 10.9. The zero-order chi connectivity index (χ0) is 25.4. The quantitative estimate of drug-likeness (QED) is 0.470. The number of nitrogens with zero attached hydrogens (tertiary/aromatic N) is 2. The van der Waals surface area contributed by atoms with Crippen molar-refractivity contribution in [1.29, 1.82) is 0 Å². The Kier molecular flexibility index (Phi) is 4.06. The maximum atomic E-state index is 14.0. The van der Waals surface area contributed by atoms with Crippen LogP contribution in [0.1, 0.15) is 56.1 Å². The number of phenols is 1. The second-order valence-electron chi connectivity index (χ2n) is 12.9. The minimum absolute atomic E-state index is 0.0187. The van der Waals surface area contributed by atoms with Crippen LogP contribution in [0.2, 0.25) is 0 Å². The molecule has 2 bridgehead atoms. The molecule has 1 aromatic rings. The monoisotopic (exact) mass is 503 g/mol. The van der Waals surface area contributed by atoms with Crippen LogP contribution < -0.4 is 5.32 Å². The van der Waals surface area contributed by atoms with Gasteiger partial charge in [0.05, 0.1) is 11.6 Å². The highest BCUT2D eigenvalue weighted by molar-refractivity contribution is 6.07. The van der Waals surface area contributed by atoms with Crippen molar-refractivity contribution >= 4 is 11.9 Å². The number of nitrogens with one attached hydrogen (secondary N) is 1. The summed E-state index contributed by atoms with van der Waals surface area (Å²) in [7, 11) is 0. The second-order valence-corrected chi connectivity index (χ2v) is 12.9. The number of aliphatic hydroxyl groups excluding tert-OH is 1. The van der Waals surface area contributed by atoms with E-state index in [0.717, 1.165) is 31.0 Å². The van der Waals surface area contributed by atoms with Gasteiger partial charge in [0.15, 0.2) is 0 Å². The van der Waals surface area contributed by atoms with Crippen molar-refractivity contribution in [3.8, 4) is 5.75 Å². The van der Waals surface area contributed by atoms with Crippen LogP contribution in [0.3, 0.4) is 0 Å². The molecule has 2 saturated heterocycles. The summed E-state index contributed by atoms with van der Waals surface area (Å²) in [5.74, 6) is 0.857. The van der Waals surface area contributed by atoms with Crippen LogP contribution in [0.4, 0.5) is 4.79 Å². The lowest BCUT2D eigenvalue weighted by atomic mass is 9.52. The standard InChI is InChI=1S/C29H33N3O5/c33-19-5-3-18(4-6-19)13-32-24(35)28(30-25(32)36)9-10-29(37)23-26(16-31(23)12-17-1-2-17)14-27(29,15-28)22-11-20(34)7-8-21(22)26/h3,5-8,11,17-18,23,33-34,37H,1-2,4,9-10,12-16H2,(H,30,36)/t18?,23-,26?,27-,28+,29?/m1/s1. The summed E-state index contributed by atoms with van der Waals surface area (Å²) in [6.07, 6.45) is 10.2. The minimum Gasteiger partial charge on any atom is -0.508 e. The Balaban J connectivity index is 1.16. The van der Waals surface area contributed by atoms with Gasteiger partial charge in [0.2, 0.25) is 0 Å². The van der Waals surface area contributed by atoms with Crippen LogP contribution in [-0.2, 0) is 15.6 Å². The average molecular weight is 504 g/mol. The average Bonchev–Trinajstić information content (AvgIpc) is 3.55. The van der Waals surface area contributed by atoms with Crippen molar-refractivity contribution in [2.75, 3.05) is 19.6 Å². The first-order valence-corrected chi connectivity index (χ1v) is 13.7. The Labute approximate surface area is 215 Å². The number of likely N-dealkylation sites (tertiary alicyclic amines) is 1. The highest BCUT2D eigenvalue weighted by Gasteiger charge is 2.83. The smallest absolute Gasteiger partial charge is 0.325 e. The van der Waals surface area contributed by atoms with E-state index in [-0.39, 0.29) is 47.4 Å². The van der Waals surface area contributed by atoms with Crippen molar-refractivity contribution in [2.24, 2.45) is 11.8 Å². The molecular formula is C29H33N3O5. The van der Waals surface area contributed by atoms with Crippen molar-refractivity contribution in [2.45, 2.75) is 73.0 Å². The van der Waals surface area contributed by atoms with E-state index in [0.29, 0.717) is 25.7 Å². The number of aromatic hydroxyl groups is 1. The SMILES string of the molecule is O=C1N[C@]2(CCC3(O)[C@@H]4N(CC5CC5)CC45C[C@@]3(C2)c2cc(O)ccc25)C(=O)N1CC1C=CC(O)=CC1. The predicted octanol–water partition coefficient (Wildman–Crippen LogP) is 2.60. The van der Waals surface area contributed by atoms with Gasteiger partial charge in [0.1, 0.15) is 17.0 Å². The molecule has 1 aromatic carbocycles. The molecule has 2 heterocycles. The summed E-state index contributed by atoms with van der Waals surface area (Å²) in [6.45, 7) is 2.19. The van der Waals surface area contributed by atoms with Gasteiger partial charge in [-0.05, 0) is 92.2 Å². The van der Waals surface area contributed by atoms with Gasteiger partial charge in [-0.25, -0.2) is 4.79 Å². The predicted molar refractivity (Wildman–Crippen MR) is 134 cm³/mol. The largest absolute Gasteiger partial charge is 0.508 e. The third-order valence-electron chi connectivity index (χ3n) is 10.9. The van der Waals surface area contributed by atoms with Crippen LogP contribution in [0.5, 0.6) is 5.75 Å². The van der Waals surface area contributed by atoms with Gasteiger partial charge in [0.25, 0.3) is 5.91 Å². The van der Waals surface area contributed by atoms with Crippen molar-refractivity contribution < 1.29 is 24.9 Å². The summed E-state index contributed by atoms with van der Waals surface area (Å²) in [6, 6.07) is 5.22.